The number of nitrogens with zero attached hydrogens (tertiary/aromatic N) is 3. The van der Waals surface area contributed by atoms with Gasteiger partial charge in [-0.3, -0.25) is 4.79 Å². The van der Waals surface area contributed by atoms with E-state index in [0.717, 1.165) is 49.3 Å². The van der Waals surface area contributed by atoms with Gasteiger partial charge in [-0.25, -0.2) is 4.98 Å². The number of aromatic nitrogens is 2. The molecule has 1 aromatic heterocycles. The van der Waals surface area contributed by atoms with E-state index in [1.54, 1.807) is 0 Å². The van der Waals surface area contributed by atoms with Crippen LogP contribution in [-0.2, 0) is 11.3 Å². The van der Waals surface area contributed by atoms with Gasteiger partial charge < -0.3 is 9.47 Å². The molecule has 1 aliphatic heterocycles. The van der Waals surface area contributed by atoms with Crippen LogP contribution in [0.3, 0.4) is 0 Å². The van der Waals surface area contributed by atoms with Crippen LogP contribution in [0.25, 0.3) is 11.0 Å². The molecule has 0 aliphatic carbocycles. The van der Waals surface area contributed by atoms with Gasteiger partial charge in [0.1, 0.15) is 5.82 Å². The average molecular weight is 404 g/mol. The smallest absolute Gasteiger partial charge is 0.223 e. The van der Waals surface area contributed by atoms with Crippen LogP contribution in [0, 0.1) is 27.7 Å². The number of imidazole rings is 1. The second kappa shape index (κ2) is 8.25. The molecule has 158 valence electrons. The van der Waals surface area contributed by atoms with Crippen LogP contribution in [0.2, 0.25) is 0 Å². The molecule has 4 nitrogen and oxygen atoms in total. The molecule has 1 unspecified atom stereocenters. The molecule has 1 aliphatic rings. The van der Waals surface area contributed by atoms with Crippen molar-refractivity contribution < 1.29 is 4.79 Å². The lowest BCUT2D eigenvalue weighted by atomic mass is 9.94. The summed E-state index contributed by atoms with van der Waals surface area (Å²) in [6.45, 7) is 13.5. The predicted octanol–water partition coefficient (Wildman–Crippen LogP) is 5.43. The van der Waals surface area contributed by atoms with Crippen molar-refractivity contribution in [2.45, 2.75) is 66.3 Å². The van der Waals surface area contributed by atoms with E-state index < -0.39 is 0 Å². The Balaban J connectivity index is 1.77. The summed E-state index contributed by atoms with van der Waals surface area (Å²) in [5, 5.41) is 0. The van der Waals surface area contributed by atoms with Gasteiger partial charge in [0.2, 0.25) is 5.91 Å². The molecule has 4 heteroatoms. The van der Waals surface area contributed by atoms with E-state index in [1.807, 2.05) is 11.0 Å². The molecule has 0 N–H and O–H groups in total. The van der Waals surface area contributed by atoms with Gasteiger partial charge in [-0.15, -0.1) is 0 Å². The molecule has 2 aromatic carbocycles. The summed E-state index contributed by atoms with van der Waals surface area (Å²) in [6.07, 6.45) is 2.74. The quantitative estimate of drug-likeness (QED) is 0.550. The second-order valence-corrected chi connectivity index (χ2v) is 8.88. The van der Waals surface area contributed by atoms with Crippen molar-refractivity contribution in [3.8, 4) is 0 Å². The minimum Gasteiger partial charge on any atom is -0.342 e. The fourth-order valence-corrected chi connectivity index (χ4v) is 4.78. The van der Waals surface area contributed by atoms with Crippen LogP contribution in [0.1, 0.15) is 65.7 Å². The van der Waals surface area contributed by atoms with Gasteiger partial charge in [-0.1, -0.05) is 31.5 Å². The minimum absolute atomic E-state index is 0.160. The number of rotatable bonds is 6. The first-order valence-corrected chi connectivity index (χ1v) is 11.2. The van der Waals surface area contributed by atoms with Crippen molar-refractivity contribution >= 4 is 16.9 Å². The molecule has 0 bridgehead atoms. The van der Waals surface area contributed by atoms with Crippen LogP contribution in [0.15, 0.2) is 30.3 Å². The summed E-state index contributed by atoms with van der Waals surface area (Å²) < 4.78 is 2.37. The van der Waals surface area contributed by atoms with Crippen molar-refractivity contribution in [3.63, 3.8) is 0 Å². The maximum absolute atomic E-state index is 12.6. The zero-order valence-electron chi connectivity index (χ0n) is 19.0. The highest BCUT2D eigenvalue weighted by atomic mass is 16.2. The Morgan fingerprint density at radius 2 is 1.77 bits per heavy atom. The van der Waals surface area contributed by atoms with Gasteiger partial charge in [0.25, 0.3) is 0 Å². The van der Waals surface area contributed by atoms with Crippen LogP contribution in [0.5, 0.6) is 0 Å². The zero-order valence-corrected chi connectivity index (χ0v) is 19.0. The molecule has 0 spiro atoms. The average Bonchev–Trinajstić information content (AvgIpc) is 3.28. The number of benzene rings is 2. The lowest BCUT2D eigenvalue weighted by Gasteiger charge is -2.20. The monoisotopic (exact) mass is 403 g/mol. The molecule has 2 heterocycles. The number of carbonyl (C=O) groups is 1. The first-order chi connectivity index (χ1) is 14.4. The Morgan fingerprint density at radius 3 is 2.47 bits per heavy atom. The van der Waals surface area contributed by atoms with E-state index in [-0.39, 0.29) is 11.8 Å². The highest BCUT2D eigenvalue weighted by Crippen LogP contribution is 2.32. The van der Waals surface area contributed by atoms with E-state index in [2.05, 4.69) is 63.5 Å². The van der Waals surface area contributed by atoms with E-state index in [4.69, 9.17) is 4.98 Å². The topological polar surface area (TPSA) is 38.1 Å². The fraction of sp³-hybridized carbons (Fsp3) is 0.462. The summed E-state index contributed by atoms with van der Waals surface area (Å²) in [4.78, 5) is 19.7. The second-order valence-electron chi connectivity index (χ2n) is 8.88. The molecule has 0 radical (unpaired) electrons. The molecule has 3 aromatic rings. The Kier molecular flexibility index (Phi) is 5.68. The highest BCUT2D eigenvalue weighted by Gasteiger charge is 2.33. The maximum Gasteiger partial charge on any atom is 0.223 e. The van der Waals surface area contributed by atoms with E-state index in [9.17, 15) is 4.79 Å². The Labute approximate surface area is 179 Å². The minimum atomic E-state index is 0.160. The van der Waals surface area contributed by atoms with Crippen molar-refractivity contribution in [2.75, 3.05) is 13.1 Å². The third-order valence-corrected chi connectivity index (χ3v) is 6.88. The number of para-hydroxylation sites is 2. The van der Waals surface area contributed by atoms with Crippen LogP contribution < -0.4 is 0 Å². The Hall–Kier alpha value is -2.62. The number of unbranched alkanes of at least 4 members (excludes halogenated alkanes) is 1. The number of hydrogen-bond donors (Lipinski definition) is 0. The van der Waals surface area contributed by atoms with Crippen LogP contribution in [0.4, 0.5) is 0 Å². The molecular formula is C26H33N3O. The van der Waals surface area contributed by atoms with Gasteiger partial charge in [0.05, 0.1) is 11.0 Å². The summed E-state index contributed by atoms with van der Waals surface area (Å²) in [7, 11) is 0. The molecule has 1 saturated heterocycles. The SMILES string of the molecule is CCCCN1CC(c2nc3ccccc3n2Cc2c(C)c(C)cc(C)c2C)CC1=O. The van der Waals surface area contributed by atoms with Gasteiger partial charge in [-0.2, -0.15) is 0 Å². The maximum atomic E-state index is 12.6. The first-order valence-electron chi connectivity index (χ1n) is 11.2. The normalized spacial score (nSPS) is 16.8. The standard InChI is InChI=1S/C26H33N3O/c1-6-7-12-28-15-21(14-25(28)30)26-27-23-10-8-9-11-24(23)29(26)16-22-19(4)17(2)13-18(3)20(22)5/h8-11,13,21H,6-7,12,14-16H2,1-5H3. The Morgan fingerprint density at radius 1 is 1.07 bits per heavy atom. The molecule has 0 saturated carbocycles. The van der Waals surface area contributed by atoms with Crippen LogP contribution >= 0.6 is 0 Å². The van der Waals surface area contributed by atoms with Gasteiger partial charge in [0.15, 0.2) is 0 Å². The number of likely N-dealkylation sites (tertiary alicyclic amines) is 1. The first kappa shape index (κ1) is 20.6. The van der Waals surface area contributed by atoms with Crippen molar-refractivity contribution in [1.82, 2.24) is 14.5 Å². The van der Waals surface area contributed by atoms with Crippen molar-refractivity contribution in [2.24, 2.45) is 0 Å². The van der Waals surface area contributed by atoms with Gasteiger partial charge in [-0.05, 0) is 74.1 Å². The summed E-state index contributed by atoms with van der Waals surface area (Å²) >= 11 is 0. The Bertz CT molecular complexity index is 1070. The fourth-order valence-electron chi connectivity index (χ4n) is 4.78. The summed E-state index contributed by atoms with van der Waals surface area (Å²) in [5.74, 6) is 1.49. The number of carbonyl (C=O) groups excluding carboxylic acids is 1. The zero-order chi connectivity index (χ0) is 21.4. The number of amides is 1. The molecular weight excluding hydrogens is 370 g/mol. The molecule has 30 heavy (non-hydrogen) atoms. The third kappa shape index (κ3) is 3.64. The van der Waals surface area contributed by atoms with Gasteiger partial charge >= 0.3 is 0 Å². The molecule has 1 atom stereocenters. The van der Waals surface area contributed by atoms with E-state index in [1.165, 1.54) is 27.8 Å². The molecule has 4 rings (SSSR count). The predicted molar refractivity (Wildman–Crippen MR) is 123 cm³/mol. The number of aryl methyl sites for hydroxylation is 2. The summed E-state index contributed by atoms with van der Waals surface area (Å²) in [5.41, 5.74) is 8.94. The van der Waals surface area contributed by atoms with Crippen molar-refractivity contribution in [3.05, 3.63) is 64.0 Å². The number of fused-ring (bicyclic) bond motifs is 1. The van der Waals surface area contributed by atoms with E-state index >= 15 is 0 Å². The van der Waals surface area contributed by atoms with Crippen LogP contribution in [-0.4, -0.2) is 33.4 Å². The molecule has 1 fully saturated rings. The molecule has 1 amide bonds. The number of hydrogen-bond acceptors (Lipinski definition) is 2. The third-order valence-electron chi connectivity index (χ3n) is 6.88. The largest absolute Gasteiger partial charge is 0.342 e. The summed E-state index contributed by atoms with van der Waals surface area (Å²) in [6, 6.07) is 10.7. The highest BCUT2D eigenvalue weighted by molar-refractivity contribution is 5.81. The lowest BCUT2D eigenvalue weighted by molar-refractivity contribution is -0.127. The lowest BCUT2D eigenvalue weighted by Crippen LogP contribution is -2.26. The van der Waals surface area contributed by atoms with Gasteiger partial charge in [0, 0.05) is 32.0 Å². The van der Waals surface area contributed by atoms with Crippen molar-refractivity contribution in [1.29, 1.82) is 0 Å². The van der Waals surface area contributed by atoms with E-state index in [0.29, 0.717) is 6.42 Å².